The Kier molecular flexibility index (Phi) is 47.7. The number of hydrogen-bond donors (Lipinski definition) is 3. The summed E-state index contributed by atoms with van der Waals surface area (Å²) in [7, 11) is 3.99. The molecule has 0 rings (SSSR count). The summed E-state index contributed by atoms with van der Waals surface area (Å²) in [5, 5.41) is 25.0. The number of aliphatic hydroxyl groups is 2. The van der Waals surface area contributed by atoms with Gasteiger partial charge in [0.15, 0.2) is 0 Å². The summed E-state index contributed by atoms with van der Waals surface area (Å²) in [6.07, 6.45) is 38.0. The highest BCUT2D eigenvalue weighted by Crippen LogP contribution is 2.25. The maximum absolute atomic E-state index is 13.1. The van der Waals surface area contributed by atoms with Crippen molar-refractivity contribution in [1.29, 1.82) is 0 Å². The van der Waals surface area contributed by atoms with Gasteiger partial charge in [-0.05, 0) is 111 Å². The molecule has 2 unspecified atom stereocenters. The summed E-state index contributed by atoms with van der Waals surface area (Å²) >= 11 is 0. The molecule has 0 saturated heterocycles. The van der Waals surface area contributed by atoms with Gasteiger partial charge in [0.1, 0.15) is 0 Å². The number of likely N-dealkylation sites (N-methyl/N-ethyl adjacent to an activating group) is 1. The standard InChI is InChI=1S/C59H119N3O8/c1-10-14-18-22-26-30-38-52(39-31-27-23-19-15-11-2)50-55(63)67-48-36-34-42-54(69-57(65)60-44-45-62(47-46-61(8)9)58(66)70-59(5,6)7)43-35-37-49-68-56(64)51-53(40-32-28-24-20-16-12-3)41-33-29-25-21-17-13-4/h52-54,57-58,60,65-66H,10-51H2,1-9H3. The molecule has 11 heteroatoms. The van der Waals surface area contributed by atoms with E-state index >= 15 is 0 Å². The van der Waals surface area contributed by atoms with Crippen molar-refractivity contribution in [3.63, 3.8) is 0 Å². The van der Waals surface area contributed by atoms with E-state index in [0.717, 1.165) is 57.9 Å². The van der Waals surface area contributed by atoms with Crippen LogP contribution in [0.25, 0.3) is 0 Å². The van der Waals surface area contributed by atoms with Crippen molar-refractivity contribution < 1.29 is 38.7 Å². The van der Waals surface area contributed by atoms with Gasteiger partial charge in [-0.15, -0.1) is 0 Å². The van der Waals surface area contributed by atoms with Crippen LogP contribution in [0, 0.1) is 11.8 Å². The maximum atomic E-state index is 13.1. The van der Waals surface area contributed by atoms with Crippen LogP contribution in [-0.4, -0.2) is 110 Å². The highest BCUT2D eigenvalue weighted by atomic mass is 16.6. The quantitative estimate of drug-likeness (QED) is 0.0306. The van der Waals surface area contributed by atoms with Crippen molar-refractivity contribution in [2.75, 3.05) is 53.5 Å². The number of rotatable bonds is 53. The number of unbranched alkanes of at least 4 members (excludes halogenated alkanes) is 22. The fraction of sp³-hybridized carbons (Fsp3) is 0.966. The van der Waals surface area contributed by atoms with Crippen LogP contribution < -0.4 is 5.32 Å². The van der Waals surface area contributed by atoms with E-state index in [4.69, 9.17) is 18.9 Å². The molecular formula is C59H119N3O8. The average molecular weight is 999 g/mol. The Hall–Kier alpha value is -1.34. The molecule has 0 aliphatic rings. The highest BCUT2D eigenvalue weighted by Gasteiger charge is 2.24. The molecule has 0 bridgehead atoms. The van der Waals surface area contributed by atoms with Crippen molar-refractivity contribution in [1.82, 2.24) is 15.1 Å². The number of aliphatic hydroxyl groups excluding tert-OH is 2. The third-order valence-corrected chi connectivity index (χ3v) is 13.8. The van der Waals surface area contributed by atoms with E-state index in [1.54, 1.807) is 0 Å². The molecular weight excluding hydrogens is 879 g/mol. The molecule has 0 aliphatic heterocycles. The van der Waals surface area contributed by atoms with Gasteiger partial charge in [0.05, 0.1) is 24.9 Å². The molecule has 0 aromatic rings. The lowest BCUT2D eigenvalue weighted by Crippen LogP contribution is -2.48. The van der Waals surface area contributed by atoms with Crippen LogP contribution in [0.15, 0.2) is 0 Å². The Morgan fingerprint density at radius 3 is 1.20 bits per heavy atom. The SMILES string of the molecule is CCCCCCCCC(CCCCCCCC)CC(=O)OCCCCC(CCCCOC(=O)CC(CCCCCCCC)CCCCCCCC)OC(O)NCCN(CCN(C)C)C(O)OC(C)(C)C. The molecule has 0 radical (unpaired) electrons. The Labute approximate surface area is 433 Å². The number of esters is 2. The summed E-state index contributed by atoms with van der Waals surface area (Å²) in [5.41, 5.74) is -0.512. The topological polar surface area (TPSA) is 130 Å². The normalized spacial score (nSPS) is 13.1. The van der Waals surface area contributed by atoms with Gasteiger partial charge in [-0.1, -0.05) is 182 Å². The highest BCUT2D eigenvalue weighted by molar-refractivity contribution is 5.70. The summed E-state index contributed by atoms with van der Waals surface area (Å²) in [6.45, 7) is 17.7. The second-order valence-corrected chi connectivity index (χ2v) is 22.3. The summed E-state index contributed by atoms with van der Waals surface area (Å²) < 4.78 is 23.7. The van der Waals surface area contributed by atoms with E-state index in [-0.39, 0.29) is 18.0 Å². The van der Waals surface area contributed by atoms with Crippen LogP contribution in [0.5, 0.6) is 0 Å². The zero-order valence-corrected chi connectivity index (χ0v) is 47.8. The first-order valence-corrected chi connectivity index (χ1v) is 29.9. The predicted octanol–water partition coefficient (Wildman–Crippen LogP) is 14.6. The molecule has 3 N–H and O–H groups in total. The maximum Gasteiger partial charge on any atom is 0.306 e. The lowest BCUT2D eigenvalue weighted by Gasteiger charge is -2.33. The Morgan fingerprint density at radius 1 is 0.486 bits per heavy atom. The zero-order valence-electron chi connectivity index (χ0n) is 47.8. The van der Waals surface area contributed by atoms with Gasteiger partial charge in [-0.2, -0.15) is 0 Å². The molecule has 0 saturated carbocycles. The predicted molar refractivity (Wildman–Crippen MR) is 294 cm³/mol. The number of carbonyl (C=O) groups is 2. The van der Waals surface area contributed by atoms with Crippen molar-refractivity contribution in [3.8, 4) is 0 Å². The minimum absolute atomic E-state index is 0.0716. The van der Waals surface area contributed by atoms with E-state index in [2.05, 4.69) is 37.9 Å². The Balaban J connectivity index is 5.36. The fourth-order valence-electron chi connectivity index (χ4n) is 9.35. The molecule has 0 aromatic carbocycles. The number of nitrogens with one attached hydrogen (secondary N) is 1. The molecule has 70 heavy (non-hydrogen) atoms. The van der Waals surface area contributed by atoms with E-state index in [1.165, 1.54) is 154 Å². The van der Waals surface area contributed by atoms with Crippen molar-refractivity contribution in [3.05, 3.63) is 0 Å². The molecule has 0 heterocycles. The minimum atomic E-state index is -1.19. The zero-order chi connectivity index (χ0) is 51.9. The molecule has 2 atom stereocenters. The number of nitrogens with zero attached hydrogens (tertiary/aromatic N) is 2. The monoisotopic (exact) mass is 998 g/mol. The van der Waals surface area contributed by atoms with Crippen LogP contribution >= 0.6 is 0 Å². The number of carbonyl (C=O) groups excluding carboxylic acids is 2. The summed E-state index contributed by atoms with van der Waals surface area (Å²) in [5.74, 6) is 0.666. The molecule has 0 aliphatic carbocycles. The number of hydrogen-bond acceptors (Lipinski definition) is 11. The molecule has 0 spiro atoms. The first kappa shape index (κ1) is 68.7. The second kappa shape index (κ2) is 48.6. The second-order valence-electron chi connectivity index (χ2n) is 22.3. The summed E-state index contributed by atoms with van der Waals surface area (Å²) in [4.78, 5) is 30.1. The van der Waals surface area contributed by atoms with Gasteiger partial charge in [0.2, 0.25) is 12.8 Å². The number of ether oxygens (including phenoxy) is 4. The van der Waals surface area contributed by atoms with Crippen LogP contribution in [-0.2, 0) is 28.5 Å². The Bertz CT molecular complexity index is 1050. The molecule has 0 amide bonds. The van der Waals surface area contributed by atoms with Gasteiger partial charge < -0.3 is 34.1 Å². The lowest BCUT2D eigenvalue weighted by atomic mass is 9.91. The van der Waals surface area contributed by atoms with Crippen molar-refractivity contribution in [2.45, 2.75) is 304 Å². The van der Waals surface area contributed by atoms with Crippen LogP contribution in [0.2, 0.25) is 0 Å². The van der Waals surface area contributed by atoms with E-state index < -0.39 is 18.4 Å². The van der Waals surface area contributed by atoms with Crippen molar-refractivity contribution >= 4 is 11.9 Å². The summed E-state index contributed by atoms with van der Waals surface area (Å²) in [6, 6.07) is 0. The molecule has 0 aromatic heterocycles. The average Bonchev–Trinajstić information content (AvgIpc) is 3.30. The smallest absolute Gasteiger partial charge is 0.306 e. The van der Waals surface area contributed by atoms with Crippen LogP contribution in [0.1, 0.15) is 280 Å². The third kappa shape index (κ3) is 46.4. The van der Waals surface area contributed by atoms with Gasteiger partial charge in [-0.3, -0.25) is 19.8 Å². The fourth-order valence-corrected chi connectivity index (χ4v) is 9.35. The minimum Gasteiger partial charge on any atom is -0.466 e. The van der Waals surface area contributed by atoms with E-state index in [1.807, 2.05) is 39.8 Å². The molecule has 418 valence electrons. The first-order chi connectivity index (χ1) is 33.7. The van der Waals surface area contributed by atoms with Crippen molar-refractivity contribution in [2.24, 2.45) is 11.8 Å². The largest absolute Gasteiger partial charge is 0.466 e. The van der Waals surface area contributed by atoms with E-state index in [9.17, 15) is 19.8 Å². The molecule has 0 fully saturated rings. The van der Waals surface area contributed by atoms with E-state index in [0.29, 0.717) is 70.4 Å². The Morgan fingerprint density at radius 2 is 0.843 bits per heavy atom. The lowest BCUT2D eigenvalue weighted by molar-refractivity contribution is -0.239. The van der Waals surface area contributed by atoms with Crippen LogP contribution in [0.4, 0.5) is 0 Å². The van der Waals surface area contributed by atoms with Gasteiger partial charge in [0, 0.05) is 39.0 Å². The first-order valence-electron chi connectivity index (χ1n) is 29.9. The van der Waals surface area contributed by atoms with Crippen LogP contribution in [0.3, 0.4) is 0 Å². The van der Waals surface area contributed by atoms with Gasteiger partial charge in [-0.25, -0.2) is 0 Å². The van der Waals surface area contributed by atoms with Gasteiger partial charge >= 0.3 is 11.9 Å². The third-order valence-electron chi connectivity index (χ3n) is 13.8. The molecule has 11 nitrogen and oxygen atoms in total. The van der Waals surface area contributed by atoms with Gasteiger partial charge in [0.25, 0.3) is 0 Å².